The van der Waals surface area contributed by atoms with Crippen LogP contribution < -0.4 is 4.90 Å². The Labute approximate surface area is 202 Å². The quantitative estimate of drug-likeness (QED) is 0.524. The fraction of sp³-hybridized carbons (Fsp3) is 0.320. The molecule has 10 heteroatoms. The first-order valence-electron chi connectivity index (χ1n) is 11.0. The number of amides is 1. The summed E-state index contributed by atoms with van der Waals surface area (Å²) < 4.78 is 45.9. The molecule has 5 rings (SSSR count). The van der Waals surface area contributed by atoms with E-state index in [1.54, 1.807) is 24.3 Å². The average molecular weight is 503 g/mol. The van der Waals surface area contributed by atoms with Crippen LogP contribution >= 0.6 is 11.8 Å². The number of hydrogen-bond donors (Lipinski definition) is 1. The topological polar surface area (TPSA) is 83.9 Å². The molecule has 6 nitrogen and oxygen atoms in total. The van der Waals surface area contributed by atoms with Crippen LogP contribution in [-0.4, -0.2) is 40.2 Å². The lowest BCUT2D eigenvalue weighted by atomic mass is 9.81. The lowest BCUT2D eigenvalue weighted by molar-refractivity contribution is -0.137. The van der Waals surface area contributed by atoms with Crippen LogP contribution in [0, 0.1) is 0 Å². The normalized spacial score (nSPS) is 24.0. The number of carbonyl (C=O) groups is 3. The minimum atomic E-state index is -4.58. The van der Waals surface area contributed by atoms with Gasteiger partial charge in [0.25, 0.3) is 0 Å². The summed E-state index contributed by atoms with van der Waals surface area (Å²) in [7, 11) is 0. The number of nitrogens with zero attached hydrogens (tertiary/aromatic N) is 1. The van der Waals surface area contributed by atoms with Crippen molar-refractivity contribution in [2.24, 2.45) is 0 Å². The number of alkyl halides is 3. The van der Waals surface area contributed by atoms with Crippen molar-refractivity contribution in [2.45, 2.75) is 43.5 Å². The van der Waals surface area contributed by atoms with Crippen molar-refractivity contribution < 1.29 is 37.4 Å². The number of carboxylic acid groups (broad SMARTS) is 1. The molecule has 1 aliphatic heterocycles. The van der Waals surface area contributed by atoms with Crippen LogP contribution in [0.3, 0.4) is 0 Å². The van der Waals surface area contributed by atoms with E-state index in [0.717, 1.165) is 17.0 Å². The number of ketones is 2. The molecule has 1 fully saturated rings. The highest BCUT2D eigenvalue weighted by Crippen LogP contribution is 2.49. The fourth-order valence-electron chi connectivity index (χ4n) is 4.95. The van der Waals surface area contributed by atoms with Gasteiger partial charge in [-0.15, -0.1) is 11.8 Å². The standard InChI is InChI=1S/C25H20F3NO5S/c26-25(27,28)14-4-3-5-16(12-14)29(23(32)33)15-8-10-24(11-9-15)13-35-22-20(31)19(30)17-6-1-2-7-18(17)21(22)34-24/h1-7,12,15H,8-11,13H2,(H,32,33). The van der Waals surface area contributed by atoms with Crippen molar-refractivity contribution in [3.05, 3.63) is 70.1 Å². The van der Waals surface area contributed by atoms with Crippen LogP contribution in [0.25, 0.3) is 5.76 Å². The maximum absolute atomic E-state index is 13.2. The maximum atomic E-state index is 13.2. The van der Waals surface area contributed by atoms with Gasteiger partial charge in [0.05, 0.1) is 5.56 Å². The second kappa shape index (κ2) is 8.44. The predicted molar refractivity (Wildman–Crippen MR) is 123 cm³/mol. The summed E-state index contributed by atoms with van der Waals surface area (Å²) in [5.41, 5.74) is -0.731. The molecule has 0 bridgehead atoms. The number of fused-ring (bicyclic) bond motifs is 2. The third-order valence-electron chi connectivity index (χ3n) is 6.72. The van der Waals surface area contributed by atoms with Gasteiger partial charge in [0.2, 0.25) is 11.6 Å². The van der Waals surface area contributed by atoms with Gasteiger partial charge in [-0.05, 0) is 43.9 Å². The lowest BCUT2D eigenvalue weighted by Crippen LogP contribution is -2.49. The molecule has 1 spiro atoms. The van der Waals surface area contributed by atoms with E-state index < -0.39 is 41.0 Å². The zero-order valence-electron chi connectivity index (χ0n) is 18.3. The Hall–Kier alpha value is -3.27. The highest BCUT2D eigenvalue weighted by Gasteiger charge is 2.47. The van der Waals surface area contributed by atoms with E-state index in [-0.39, 0.29) is 10.6 Å². The summed E-state index contributed by atoms with van der Waals surface area (Å²) >= 11 is 1.27. The molecule has 0 unspecified atom stereocenters. The number of carbonyl (C=O) groups excluding carboxylic acids is 2. The fourth-order valence-corrected chi connectivity index (χ4v) is 6.22. The Kier molecular flexibility index (Phi) is 5.66. The number of allylic oxidation sites excluding steroid dienone is 1. The molecular formula is C25H20F3NO5S. The molecular weight excluding hydrogens is 483 g/mol. The third-order valence-corrected chi connectivity index (χ3v) is 8.05. The molecule has 2 aromatic carbocycles. The van der Waals surface area contributed by atoms with Crippen molar-refractivity contribution in [3.63, 3.8) is 0 Å². The summed E-state index contributed by atoms with van der Waals surface area (Å²) in [6.45, 7) is 0. The van der Waals surface area contributed by atoms with Gasteiger partial charge in [0, 0.05) is 28.6 Å². The zero-order chi connectivity index (χ0) is 25.0. The van der Waals surface area contributed by atoms with Gasteiger partial charge in [0.1, 0.15) is 16.3 Å². The summed E-state index contributed by atoms with van der Waals surface area (Å²) in [6, 6.07) is 10.6. The number of thioether (sulfide) groups is 1. The largest absolute Gasteiger partial charge is 0.484 e. The Bertz CT molecular complexity index is 1260. The van der Waals surface area contributed by atoms with E-state index >= 15 is 0 Å². The second-order valence-electron chi connectivity index (χ2n) is 8.87. The molecule has 2 aromatic rings. The summed E-state index contributed by atoms with van der Waals surface area (Å²) in [4.78, 5) is 38.4. The number of rotatable bonds is 2. The molecule has 0 aromatic heterocycles. The molecule has 2 aliphatic carbocycles. The van der Waals surface area contributed by atoms with E-state index in [1.165, 1.54) is 23.9 Å². The first-order chi connectivity index (χ1) is 16.6. The SMILES string of the molecule is O=C1C(=O)c2ccccc2C2=C1SCC1(CCC(N(C(=O)O)c3cccc(C(F)(F)F)c3)CC1)O2. The first kappa shape index (κ1) is 23.5. The smallest absolute Gasteiger partial charge is 0.416 e. The Morgan fingerprint density at radius 2 is 1.71 bits per heavy atom. The molecule has 1 amide bonds. The number of Topliss-reactive ketones (excluding diaryl/α,β-unsaturated/α-hetero) is 2. The van der Waals surface area contributed by atoms with Gasteiger partial charge in [-0.3, -0.25) is 14.5 Å². The van der Waals surface area contributed by atoms with Crippen molar-refractivity contribution in [2.75, 3.05) is 10.7 Å². The summed E-state index contributed by atoms with van der Waals surface area (Å²) in [5, 5.41) is 9.82. The lowest BCUT2D eigenvalue weighted by Gasteiger charge is -2.46. The summed E-state index contributed by atoms with van der Waals surface area (Å²) in [6.07, 6.45) is -4.24. The molecule has 3 aliphatic rings. The monoisotopic (exact) mass is 503 g/mol. The molecule has 182 valence electrons. The highest BCUT2D eigenvalue weighted by atomic mass is 32.2. The number of anilines is 1. The average Bonchev–Trinajstić information content (AvgIpc) is 2.83. The molecule has 1 saturated carbocycles. The van der Waals surface area contributed by atoms with Gasteiger partial charge >= 0.3 is 12.3 Å². The number of hydrogen-bond acceptors (Lipinski definition) is 5. The van der Waals surface area contributed by atoms with Crippen LogP contribution in [-0.2, 0) is 15.7 Å². The van der Waals surface area contributed by atoms with Gasteiger partial charge in [0.15, 0.2) is 0 Å². The van der Waals surface area contributed by atoms with E-state index in [9.17, 15) is 32.7 Å². The predicted octanol–water partition coefficient (Wildman–Crippen LogP) is 5.77. The van der Waals surface area contributed by atoms with Crippen molar-refractivity contribution in [3.8, 4) is 0 Å². The van der Waals surface area contributed by atoms with Crippen molar-refractivity contribution in [1.29, 1.82) is 0 Å². The van der Waals surface area contributed by atoms with E-state index in [2.05, 4.69) is 0 Å². The minimum Gasteiger partial charge on any atom is -0.484 e. The van der Waals surface area contributed by atoms with E-state index in [4.69, 9.17) is 4.74 Å². The van der Waals surface area contributed by atoms with Crippen LogP contribution in [0.15, 0.2) is 53.4 Å². The second-order valence-corrected chi connectivity index (χ2v) is 9.85. The molecule has 35 heavy (non-hydrogen) atoms. The molecule has 0 radical (unpaired) electrons. The van der Waals surface area contributed by atoms with E-state index in [1.807, 2.05) is 0 Å². The summed E-state index contributed by atoms with van der Waals surface area (Å²) in [5.74, 6) is -0.342. The Morgan fingerprint density at radius 1 is 1.03 bits per heavy atom. The maximum Gasteiger partial charge on any atom is 0.416 e. The van der Waals surface area contributed by atoms with Crippen LogP contribution in [0.5, 0.6) is 0 Å². The first-order valence-corrected chi connectivity index (χ1v) is 12.0. The van der Waals surface area contributed by atoms with Crippen molar-refractivity contribution in [1.82, 2.24) is 0 Å². The molecule has 0 saturated heterocycles. The van der Waals surface area contributed by atoms with E-state index in [0.29, 0.717) is 48.3 Å². The third kappa shape index (κ3) is 4.09. The number of halogens is 3. The molecule has 1 N–H and O–H groups in total. The Morgan fingerprint density at radius 3 is 2.37 bits per heavy atom. The van der Waals surface area contributed by atoms with Gasteiger partial charge in [-0.1, -0.05) is 30.3 Å². The van der Waals surface area contributed by atoms with Gasteiger partial charge < -0.3 is 9.84 Å². The van der Waals surface area contributed by atoms with Crippen LogP contribution in [0.2, 0.25) is 0 Å². The van der Waals surface area contributed by atoms with Crippen LogP contribution in [0.4, 0.5) is 23.7 Å². The molecule has 1 heterocycles. The number of ether oxygens (including phenoxy) is 1. The van der Waals surface area contributed by atoms with Gasteiger partial charge in [-0.2, -0.15) is 13.2 Å². The van der Waals surface area contributed by atoms with Crippen molar-refractivity contribution >= 4 is 40.9 Å². The Balaban J connectivity index is 1.38. The van der Waals surface area contributed by atoms with Gasteiger partial charge in [-0.25, -0.2) is 4.79 Å². The highest BCUT2D eigenvalue weighted by molar-refractivity contribution is 8.04. The number of benzene rings is 2. The van der Waals surface area contributed by atoms with Crippen LogP contribution in [0.1, 0.15) is 47.2 Å². The zero-order valence-corrected chi connectivity index (χ0v) is 19.1. The molecule has 0 atom stereocenters. The minimum absolute atomic E-state index is 0.0254.